The van der Waals surface area contributed by atoms with E-state index in [0.29, 0.717) is 10.0 Å². The maximum Gasteiger partial charge on any atom is 0.225 e. The van der Waals surface area contributed by atoms with E-state index in [4.69, 9.17) is 11.6 Å². The first kappa shape index (κ1) is 12.2. The molecule has 1 aliphatic rings. The molecular weight excluding hydrogens is 242 g/mol. The molecule has 90 valence electrons. The molecule has 0 bridgehead atoms. The Kier molecular flexibility index (Phi) is 3.80. The fourth-order valence-electron chi connectivity index (χ4n) is 2.47. The number of hydrogen-bond donors (Lipinski definition) is 0. The highest BCUT2D eigenvalue weighted by Crippen LogP contribution is 2.42. The SMILES string of the molecule is CCc1nnc(Cl)n1CC1(SC)CCCC1. The fraction of sp³-hybridized carbons (Fsp3) is 0.818. The van der Waals surface area contributed by atoms with Gasteiger partial charge in [-0.1, -0.05) is 19.8 Å². The maximum absolute atomic E-state index is 6.10. The molecule has 16 heavy (non-hydrogen) atoms. The molecular formula is C11H18ClN3S. The first-order valence-electron chi connectivity index (χ1n) is 5.83. The summed E-state index contributed by atoms with van der Waals surface area (Å²) >= 11 is 8.07. The lowest BCUT2D eigenvalue weighted by molar-refractivity contribution is 0.493. The Bertz CT molecular complexity index is 358. The van der Waals surface area contributed by atoms with Crippen LogP contribution in [0.1, 0.15) is 38.4 Å². The van der Waals surface area contributed by atoms with Crippen molar-refractivity contribution in [2.24, 2.45) is 0 Å². The number of halogens is 1. The fourth-order valence-corrected chi connectivity index (χ4v) is 3.62. The van der Waals surface area contributed by atoms with Crippen molar-refractivity contribution in [3.05, 3.63) is 11.1 Å². The lowest BCUT2D eigenvalue weighted by atomic mass is 10.1. The molecule has 3 nitrogen and oxygen atoms in total. The summed E-state index contributed by atoms with van der Waals surface area (Å²) in [4.78, 5) is 0. The summed E-state index contributed by atoms with van der Waals surface area (Å²) < 4.78 is 2.44. The number of aromatic nitrogens is 3. The molecule has 0 saturated heterocycles. The van der Waals surface area contributed by atoms with E-state index < -0.39 is 0 Å². The second-order valence-electron chi connectivity index (χ2n) is 4.42. The van der Waals surface area contributed by atoms with Crippen molar-refractivity contribution in [2.75, 3.05) is 6.26 Å². The van der Waals surface area contributed by atoms with Crippen LogP contribution in [0.25, 0.3) is 0 Å². The standard InChI is InChI=1S/C11H18ClN3S/c1-3-9-13-14-10(12)15(9)8-11(16-2)6-4-5-7-11/h3-8H2,1-2H3. The van der Waals surface area contributed by atoms with Crippen LogP contribution in [0.5, 0.6) is 0 Å². The van der Waals surface area contributed by atoms with Crippen LogP contribution in [0, 0.1) is 0 Å². The Morgan fingerprint density at radius 2 is 2.06 bits per heavy atom. The zero-order valence-corrected chi connectivity index (χ0v) is 11.4. The van der Waals surface area contributed by atoms with Gasteiger partial charge in [0.05, 0.1) is 0 Å². The van der Waals surface area contributed by atoms with E-state index in [0.717, 1.165) is 18.8 Å². The van der Waals surface area contributed by atoms with Gasteiger partial charge in [-0.25, -0.2) is 0 Å². The van der Waals surface area contributed by atoms with Gasteiger partial charge in [-0.3, -0.25) is 0 Å². The molecule has 0 spiro atoms. The molecule has 0 amide bonds. The quantitative estimate of drug-likeness (QED) is 0.832. The number of nitrogens with zero attached hydrogens (tertiary/aromatic N) is 3. The first-order chi connectivity index (χ1) is 7.71. The summed E-state index contributed by atoms with van der Waals surface area (Å²) in [5.74, 6) is 1.00. The van der Waals surface area contributed by atoms with Gasteiger partial charge in [0.25, 0.3) is 0 Å². The Balaban J connectivity index is 2.21. The smallest absolute Gasteiger partial charge is 0.225 e. The van der Waals surface area contributed by atoms with E-state index >= 15 is 0 Å². The number of rotatable bonds is 4. The highest BCUT2D eigenvalue weighted by Gasteiger charge is 2.34. The van der Waals surface area contributed by atoms with Crippen molar-refractivity contribution in [1.82, 2.24) is 14.8 Å². The minimum absolute atomic E-state index is 0.357. The Labute approximate surface area is 106 Å². The van der Waals surface area contributed by atoms with E-state index in [2.05, 4.69) is 27.9 Å². The molecule has 0 unspecified atom stereocenters. The predicted molar refractivity (Wildman–Crippen MR) is 69.1 cm³/mol. The van der Waals surface area contributed by atoms with Crippen molar-refractivity contribution in [2.45, 2.75) is 50.3 Å². The van der Waals surface area contributed by atoms with Gasteiger partial charge in [-0.05, 0) is 30.7 Å². The first-order valence-corrected chi connectivity index (χ1v) is 7.44. The van der Waals surface area contributed by atoms with Crippen LogP contribution < -0.4 is 0 Å². The molecule has 1 aromatic heterocycles. The number of hydrogen-bond acceptors (Lipinski definition) is 3. The van der Waals surface area contributed by atoms with Crippen LogP contribution in [0.2, 0.25) is 5.28 Å². The van der Waals surface area contributed by atoms with Crippen molar-refractivity contribution in [3.63, 3.8) is 0 Å². The van der Waals surface area contributed by atoms with Crippen LogP contribution in [0.4, 0.5) is 0 Å². The van der Waals surface area contributed by atoms with Gasteiger partial charge in [-0.2, -0.15) is 11.8 Å². The molecule has 5 heteroatoms. The van der Waals surface area contributed by atoms with Crippen LogP contribution in [0.15, 0.2) is 0 Å². The van der Waals surface area contributed by atoms with E-state index in [9.17, 15) is 0 Å². The Morgan fingerprint density at radius 3 is 2.62 bits per heavy atom. The highest BCUT2D eigenvalue weighted by molar-refractivity contribution is 8.00. The summed E-state index contributed by atoms with van der Waals surface area (Å²) in [5.41, 5.74) is 0. The highest BCUT2D eigenvalue weighted by atomic mass is 35.5. The topological polar surface area (TPSA) is 30.7 Å². The van der Waals surface area contributed by atoms with Crippen LogP contribution in [-0.2, 0) is 13.0 Å². The summed E-state index contributed by atoms with van der Waals surface area (Å²) in [6.45, 7) is 3.06. The lowest BCUT2D eigenvalue weighted by Gasteiger charge is -2.27. The molecule has 0 radical (unpaired) electrons. The minimum atomic E-state index is 0.357. The third-order valence-corrected chi connectivity index (χ3v) is 5.18. The van der Waals surface area contributed by atoms with E-state index in [1.165, 1.54) is 25.7 Å². The van der Waals surface area contributed by atoms with Crippen LogP contribution >= 0.6 is 23.4 Å². The number of thioether (sulfide) groups is 1. The van der Waals surface area contributed by atoms with Gasteiger partial charge < -0.3 is 4.57 Å². The minimum Gasteiger partial charge on any atom is -0.300 e. The molecule has 0 N–H and O–H groups in total. The molecule has 0 aliphatic heterocycles. The molecule has 1 saturated carbocycles. The van der Waals surface area contributed by atoms with Gasteiger partial charge in [0.1, 0.15) is 5.82 Å². The molecule has 1 aromatic rings. The van der Waals surface area contributed by atoms with Gasteiger partial charge in [-0.15, -0.1) is 10.2 Å². The normalized spacial score (nSPS) is 19.2. The van der Waals surface area contributed by atoms with E-state index in [-0.39, 0.29) is 0 Å². The largest absolute Gasteiger partial charge is 0.300 e. The van der Waals surface area contributed by atoms with Crippen molar-refractivity contribution >= 4 is 23.4 Å². The van der Waals surface area contributed by atoms with E-state index in [1.807, 2.05) is 11.8 Å². The second-order valence-corrected chi connectivity index (χ2v) is 6.03. The molecule has 1 heterocycles. The molecule has 1 aliphatic carbocycles. The zero-order chi connectivity index (χ0) is 11.6. The average molecular weight is 260 g/mol. The van der Waals surface area contributed by atoms with Crippen LogP contribution in [-0.4, -0.2) is 25.8 Å². The van der Waals surface area contributed by atoms with Crippen molar-refractivity contribution < 1.29 is 0 Å². The Hall–Kier alpha value is -0.220. The van der Waals surface area contributed by atoms with Crippen LogP contribution in [0.3, 0.4) is 0 Å². The summed E-state index contributed by atoms with van der Waals surface area (Å²) in [6, 6.07) is 0. The van der Waals surface area contributed by atoms with Gasteiger partial charge >= 0.3 is 0 Å². The monoisotopic (exact) mass is 259 g/mol. The van der Waals surface area contributed by atoms with Gasteiger partial charge in [0.15, 0.2) is 0 Å². The maximum atomic E-state index is 6.10. The number of aryl methyl sites for hydroxylation is 1. The summed E-state index contributed by atoms with van der Waals surface area (Å²) in [7, 11) is 0. The van der Waals surface area contributed by atoms with E-state index in [1.54, 1.807) is 0 Å². The Morgan fingerprint density at radius 1 is 1.38 bits per heavy atom. The predicted octanol–water partition coefficient (Wildman–Crippen LogP) is 3.17. The summed E-state index contributed by atoms with van der Waals surface area (Å²) in [5, 5.41) is 8.62. The van der Waals surface area contributed by atoms with Gasteiger partial charge in [0, 0.05) is 17.7 Å². The lowest BCUT2D eigenvalue weighted by Crippen LogP contribution is -2.27. The molecule has 2 rings (SSSR count). The third-order valence-electron chi connectivity index (χ3n) is 3.49. The molecule has 1 fully saturated rings. The third kappa shape index (κ3) is 2.23. The van der Waals surface area contributed by atoms with Gasteiger partial charge in [0.2, 0.25) is 5.28 Å². The summed E-state index contributed by atoms with van der Waals surface area (Å²) in [6.07, 6.45) is 8.33. The average Bonchev–Trinajstić information content (AvgIpc) is 2.89. The van der Waals surface area contributed by atoms with Crippen molar-refractivity contribution in [1.29, 1.82) is 0 Å². The van der Waals surface area contributed by atoms with Crippen molar-refractivity contribution in [3.8, 4) is 0 Å². The zero-order valence-electron chi connectivity index (χ0n) is 9.87. The second kappa shape index (κ2) is 4.96. The molecule has 0 aromatic carbocycles. The molecule has 0 atom stereocenters.